The quantitative estimate of drug-likeness (QED) is 0.186. The highest BCUT2D eigenvalue weighted by Crippen LogP contribution is 2.40. The second-order valence-electron chi connectivity index (χ2n) is 10.0. The van der Waals surface area contributed by atoms with E-state index in [9.17, 15) is 0 Å². The van der Waals surface area contributed by atoms with Gasteiger partial charge in [-0.3, -0.25) is 0 Å². The van der Waals surface area contributed by atoms with Crippen molar-refractivity contribution in [2.75, 3.05) is 9.80 Å². The second-order valence-corrected chi connectivity index (χ2v) is 10.0. The first-order chi connectivity index (χ1) is 21.3. The molecule has 0 radical (unpaired) electrons. The molecule has 0 saturated heterocycles. The molecule has 1 heterocycles. The summed E-state index contributed by atoms with van der Waals surface area (Å²) < 4.78 is 6.01. The standard InChI is InChI=1S/C38H28N4O/c1-5-14-29(15-6-1)37-39-40-38(43-37)30-24-26-34(27-25-30)42(33-20-11-4-12-21-33)36-23-13-22-35(28-36)41(31-16-7-2-8-17-31)32-18-9-3-10-19-32/h1-28H. The van der Waals surface area contributed by atoms with Crippen molar-refractivity contribution in [2.45, 2.75) is 0 Å². The highest BCUT2D eigenvalue weighted by Gasteiger charge is 2.18. The summed E-state index contributed by atoms with van der Waals surface area (Å²) in [6, 6.07) is 58.0. The monoisotopic (exact) mass is 556 g/mol. The van der Waals surface area contributed by atoms with Crippen molar-refractivity contribution in [1.29, 1.82) is 0 Å². The van der Waals surface area contributed by atoms with E-state index in [-0.39, 0.29) is 0 Å². The maximum atomic E-state index is 6.01. The van der Waals surface area contributed by atoms with Crippen LogP contribution in [-0.2, 0) is 0 Å². The summed E-state index contributed by atoms with van der Waals surface area (Å²) in [5.41, 5.74) is 8.12. The molecule has 7 aromatic rings. The van der Waals surface area contributed by atoms with Gasteiger partial charge in [0.05, 0.1) is 0 Å². The van der Waals surface area contributed by atoms with E-state index in [1.165, 1.54) is 0 Å². The SMILES string of the molecule is c1ccc(-c2nnc(-c3ccc(N(c4ccccc4)c4cccc(N(c5ccccc5)c5ccccc5)c4)cc3)o2)cc1. The van der Waals surface area contributed by atoms with Crippen LogP contribution in [0.1, 0.15) is 0 Å². The number of anilines is 6. The minimum Gasteiger partial charge on any atom is -0.416 e. The summed E-state index contributed by atoms with van der Waals surface area (Å²) in [5, 5.41) is 8.57. The van der Waals surface area contributed by atoms with Gasteiger partial charge in [-0.1, -0.05) is 78.9 Å². The van der Waals surface area contributed by atoms with Crippen molar-refractivity contribution >= 4 is 34.1 Å². The highest BCUT2D eigenvalue weighted by atomic mass is 16.4. The summed E-state index contributed by atoms with van der Waals surface area (Å²) in [7, 11) is 0. The molecule has 206 valence electrons. The Morgan fingerprint density at radius 2 is 0.674 bits per heavy atom. The molecular formula is C38H28N4O. The van der Waals surface area contributed by atoms with Gasteiger partial charge < -0.3 is 14.2 Å². The van der Waals surface area contributed by atoms with E-state index in [4.69, 9.17) is 4.42 Å². The largest absolute Gasteiger partial charge is 0.416 e. The van der Waals surface area contributed by atoms with Gasteiger partial charge in [0, 0.05) is 45.3 Å². The molecule has 0 aliphatic rings. The van der Waals surface area contributed by atoms with E-state index in [0.717, 1.165) is 45.3 Å². The molecule has 0 spiro atoms. The van der Waals surface area contributed by atoms with Crippen LogP contribution in [-0.4, -0.2) is 10.2 Å². The van der Waals surface area contributed by atoms with Crippen LogP contribution < -0.4 is 9.80 Å². The summed E-state index contributed by atoms with van der Waals surface area (Å²) in [4.78, 5) is 4.53. The van der Waals surface area contributed by atoms with Crippen molar-refractivity contribution < 1.29 is 4.42 Å². The average Bonchev–Trinajstić information content (AvgIpc) is 3.58. The zero-order valence-corrected chi connectivity index (χ0v) is 23.4. The molecule has 0 saturated carbocycles. The van der Waals surface area contributed by atoms with Crippen LogP contribution in [0.4, 0.5) is 34.1 Å². The van der Waals surface area contributed by atoms with E-state index < -0.39 is 0 Å². The second kappa shape index (κ2) is 11.9. The molecule has 0 unspecified atom stereocenters. The number of benzene rings is 6. The Labute approximate surface area is 250 Å². The van der Waals surface area contributed by atoms with Gasteiger partial charge in [0.15, 0.2) is 0 Å². The number of hydrogen-bond donors (Lipinski definition) is 0. The fourth-order valence-corrected chi connectivity index (χ4v) is 5.19. The topological polar surface area (TPSA) is 45.4 Å². The molecule has 0 amide bonds. The van der Waals surface area contributed by atoms with Crippen LogP contribution in [0.25, 0.3) is 22.9 Å². The van der Waals surface area contributed by atoms with Crippen LogP contribution >= 0.6 is 0 Å². The Hall–Kier alpha value is -5.94. The van der Waals surface area contributed by atoms with Crippen LogP contribution in [0.5, 0.6) is 0 Å². The maximum absolute atomic E-state index is 6.01. The lowest BCUT2D eigenvalue weighted by molar-refractivity contribution is 0.584. The number of hydrogen-bond acceptors (Lipinski definition) is 5. The van der Waals surface area contributed by atoms with E-state index in [1.807, 2.05) is 60.7 Å². The Morgan fingerprint density at radius 1 is 0.326 bits per heavy atom. The van der Waals surface area contributed by atoms with Crippen molar-refractivity contribution in [1.82, 2.24) is 10.2 Å². The van der Waals surface area contributed by atoms with Gasteiger partial charge in [-0.05, 0) is 91.0 Å². The lowest BCUT2D eigenvalue weighted by Gasteiger charge is -2.29. The molecule has 0 aliphatic carbocycles. The predicted octanol–water partition coefficient (Wildman–Crippen LogP) is 10.3. The van der Waals surface area contributed by atoms with Crippen molar-refractivity contribution in [3.05, 3.63) is 170 Å². The Kier molecular flexibility index (Phi) is 7.19. The number of para-hydroxylation sites is 3. The normalized spacial score (nSPS) is 10.8. The molecule has 5 heteroatoms. The smallest absolute Gasteiger partial charge is 0.248 e. The van der Waals surface area contributed by atoms with Gasteiger partial charge in [-0.25, -0.2) is 0 Å². The first-order valence-corrected chi connectivity index (χ1v) is 14.2. The maximum Gasteiger partial charge on any atom is 0.248 e. The summed E-state index contributed by atoms with van der Waals surface area (Å²) in [6.07, 6.45) is 0. The third-order valence-corrected chi connectivity index (χ3v) is 7.21. The van der Waals surface area contributed by atoms with Crippen LogP contribution in [0.15, 0.2) is 174 Å². The fraction of sp³-hybridized carbons (Fsp3) is 0. The van der Waals surface area contributed by atoms with Crippen LogP contribution in [0.2, 0.25) is 0 Å². The van der Waals surface area contributed by atoms with E-state index in [1.54, 1.807) is 0 Å². The van der Waals surface area contributed by atoms with Gasteiger partial charge in [0.1, 0.15) is 0 Å². The van der Waals surface area contributed by atoms with Gasteiger partial charge in [0.2, 0.25) is 11.8 Å². The Balaban J connectivity index is 1.27. The lowest BCUT2D eigenvalue weighted by atomic mass is 10.1. The minimum absolute atomic E-state index is 0.486. The van der Waals surface area contributed by atoms with Gasteiger partial charge in [-0.15, -0.1) is 10.2 Å². The molecule has 7 rings (SSSR count). The molecule has 0 atom stereocenters. The molecule has 0 bridgehead atoms. The first kappa shape index (κ1) is 26.0. The molecule has 0 fully saturated rings. The van der Waals surface area contributed by atoms with Crippen LogP contribution in [0.3, 0.4) is 0 Å². The number of aromatic nitrogens is 2. The third-order valence-electron chi connectivity index (χ3n) is 7.21. The van der Waals surface area contributed by atoms with Crippen molar-refractivity contribution in [3.8, 4) is 22.9 Å². The van der Waals surface area contributed by atoms with Crippen molar-refractivity contribution in [2.24, 2.45) is 0 Å². The molecular weight excluding hydrogens is 528 g/mol. The zero-order chi connectivity index (χ0) is 28.8. The van der Waals surface area contributed by atoms with Crippen LogP contribution in [0, 0.1) is 0 Å². The van der Waals surface area contributed by atoms with Gasteiger partial charge >= 0.3 is 0 Å². The highest BCUT2D eigenvalue weighted by molar-refractivity contribution is 5.83. The Morgan fingerprint density at radius 3 is 1.12 bits per heavy atom. The fourth-order valence-electron chi connectivity index (χ4n) is 5.19. The lowest BCUT2D eigenvalue weighted by Crippen LogP contribution is -2.13. The molecule has 1 aromatic heterocycles. The van der Waals surface area contributed by atoms with Crippen molar-refractivity contribution in [3.63, 3.8) is 0 Å². The van der Waals surface area contributed by atoms with E-state index >= 15 is 0 Å². The van der Waals surface area contributed by atoms with Gasteiger partial charge in [-0.2, -0.15) is 0 Å². The summed E-state index contributed by atoms with van der Waals surface area (Å²) in [5.74, 6) is 0.990. The van der Waals surface area contributed by atoms with Gasteiger partial charge in [0.25, 0.3) is 0 Å². The van der Waals surface area contributed by atoms with E-state index in [0.29, 0.717) is 11.8 Å². The third kappa shape index (κ3) is 5.52. The first-order valence-electron chi connectivity index (χ1n) is 14.2. The minimum atomic E-state index is 0.486. The number of rotatable bonds is 8. The molecule has 43 heavy (non-hydrogen) atoms. The summed E-state index contributed by atoms with van der Waals surface area (Å²) in [6.45, 7) is 0. The molecule has 0 aliphatic heterocycles. The van der Waals surface area contributed by atoms with E-state index in [2.05, 4.69) is 129 Å². The summed E-state index contributed by atoms with van der Waals surface area (Å²) >= 11 is 0. The molecule has 0 N–H and O–H groups in total. The Bertz CT molecular complexity index is 1870. The molecule has 5 nitrogen and oxygen atoms in total. The number of nitrogens with zero attached hydrogens (tertiary/aromatic N) is 4. The predicted molar refractivity (Wildman–Crippen MR) is 175 cm³/mol. The molecule has 6 aromatic carbocycles. The zero-order valence-electron chi connectivity index (χ0n) is 23.4. The average molecular weight is 557 g/mol.